The molecule has 3 aromatic rings. The number of carbonyl (C=O) groups is 2. The second kappa shape index (κ2) is 7.88. The number of benzene rings is 2. The van der Waals surface area contributed by atoms with Crippen LogP contribution in [0, 0.1) is 0 Å². The van der Waals surface area contributed by atoms with Crippen molar-refractivity contribution < 1.29 is 14.3 Å². The molecule has 1 heterocycles. The van der Waals surface area contributed by atoms with Crippen molar-refractivity contribution in [2.75, 3.05) is 5.32 Å². The highest BCUT2D eigenvalue weighted by Gasteiger charge is 2.09. The Balaban J connectivity index is 1.57. The Morgan fingerprint density at radius 1 is 0.880 bits per heavy atom. The Kier molecular flexibility index (Phi) is 5.16. The SMILES string of the molecule is O=C(Nc1ccccc1)c1ccc(COC(=O)c2ccccn2)cc1. The van der Waals surface area contributed by atoms with Gasteiger partial charge in [0.15, 0.2) is 0 Å². The number of ether oxygens (including phenoxy) is 1. The third kappa shape index (κ3) is 4.51. The van der Waals surface area contributed by atoms with Gasteiger partial charge in [0.05, 0.1) is 0 Å². The lowest BCUT2D eigenvalue weighted by Gasteiger charge is -2.07. The van der Waals surface area contributed by atoms with Gasteiger partial charge in [-0.05, 0) is 42.0 Å². The average molecular weight is 332 g/mol. The summed E-state index contributed by atoms with van der Waals surface area (Å²) in [5.41, 5.74) is 2.33. The van der Waals surface area contributed by atoms with E-state index in [0.717, 1.165) is 11.3 Å². The lowest BCUT2D eigenvalue weighted by molar-refractivity contribution is 0.0465. The number of esters is 1. The molecule has 5 nitrogen and oxygen atoms in total. The number of anilines is 1. The summed E-state index contributed by atoms with van der Waals surface area (Å²) >= 11 is 0. The molecule has 0 fully saturated rings. The number of pyridine rings is 1. The van der Waals surface area contributed by atoms with E-state index >= 15 is 0 Å². The third-order valence-corrected chi connectivity index (χ3v) is 3.49. The predicted molar refractivity (Wildman–Crippen MR) is 94.2 cm³/mol. The molecule has 0 saturated heterocycles. The summed E-state index contributed by atoms with van der Waals surface area (Å²) in [6, 6.07) is 21.2. The van der Waals surface area contributed by atoms with Crippen LogP contribution in [0.2, 0.25) is 0 Å². The molecule has 0 radical (unpaired) electrons. The van der Waals surface area contributed by atoms with E-state index in [1.54, 1.807) is 42.5 Å². The van der Waals surface area contributed by atoms with Crippen molar-refractivity contribution in [3.05, 3.63) is 95.8 Å². The minimum atomic E-state index is -0.480. The first kappa shape index (κ1) is 16.4. The van der Waals surface area contributed by atoms with Crippen LogP contribution in [0.5, 0.6) is 0 Å². The second-order valence-corrected chi connectivity index (χ2v) is 5.31. The van der Waals surface area contributed by atoms with Crippen LogP contribution < -0.4 is 5.32 Å². The molecule has 2 aromatic carbocycles. The monoisotopic (exact) mass is 332 g/mol. The fraction of sp³-hybridized carbons (Fsp3) is 0.0500. The number of nitrogens with zero attached hydrogens (tertiary/aromatic N) is 1. The second-order valence-electron chi connectivity index (χ2n) is 5.31. The molecular weight excluding hydrogens is 316 g/mol. The van der Waals surface area contributed by atoms with E-state index in [0.29, 0.717) is 5.56 Å². The highest BCUT2D eigenvalue weighted by Crippen LogP contribution is 2.11. The van der Waals surface area contributed by atoms with Gasteiger partial charge in [-0.15, -0.1) is 0 Å². The summed E-state index contributed by atoms with van der Waals surface area (Å²) in [5.74, 6) is -0.672. The van der Waals surface area contributed by atoms with Crippen LogP contribution in [0.1, 0.15) is 26.4 Å². The molecule has 0 aliphatic carbocycles. The van der Waals surface area contributed by atoms with Gasteiger partial charge in [0.1, 0.15) is 12.3 Å². The maximum absolute atomic E-state index is 12.2. The molecule has 0 unspecified atom stereocenters. The van der Waals surface area contributed by atoms with E-state index in [-0.39, 0.29) is 18.2 Å². The Morgan fingerprint density at radius 2 is 1.60 bits per heavy atom. The van der Waals surface area contributed by atoms with Crippen LogP contribution in [-0.2, 0) is 11.3 Å². The van der Waals surface area contributed by atoms with Gasteiger partial charge in [-0.2, -0.15) is 0 Å². The summed E-state index contributed by atoms with van der Waals surface area (Å²) < 4.78 is 5.21. The van der Waals surface area contributed by atoms with Crippen LogP contribution in [0.25, 0.3) is 0 Å². The van der Waals surface area contributed by atoms with Crippen molar-refractivity contribution in [2.24, 2.45) is 0 Å². The van der Waals surface area contributed by atoms with Gasteiger partial charge in [0, 0.05) is 17.4 Å². The summed E-state index contributed by atoms with van der Waals surface area (Å²) in [6.07, 6.45) is 1.54. The fourth-order valence-corrected chi connectivity index (χ4v) is 2.18. The molecule has 0 spiro atoms. The number of carbonyl (C=O) groups excluding carboxylic acids is 2. The number of nitrogens with one attached hydrogen (secondary N) is 1. The predicted octanol–water partition coefficient (Wildman–Crippen LogP) is 3.69. The van der Waals surface area contributed by atoms with Crippen molar-refractivity contribution in [2.45, 2.75) is 6.61 Å². The maximum Gasteiger partial charge on any atom is 0.357 e. The van der Waals surface area contributed by atoms with E-state index in [9.17, 15) is 9.59 Å². The minimum Gasteiger partial charge on any atom is -0.456 e. The standard InChI is InChI=1S/C20H16N2O3/c23-19(22-17-6-2-1-3-7-17)16-11-9-15(10-12-16)14-25-20(24)18-8-4-5-13-21-18/h1-13H,14H2,(H,22,23). The van der Waals surface area contributed by atoms with Gasteiger partial charge in [0.25, 0.3) is 5.91 Å². The van der Waals surface area contributed by atoms with Crippen LogP contribution in [-0.4, -0.2) is 16.9 Å². The number of amides is 1. The molecule has 0 saturated carbocycles. The first-order chi connectivity index (χ1) is 12.2. The Morgan fingerprint density at radius 3 is 2.28 bits per heavy atom. The van der Waals surface area contributed by atoms with Crippen LogP contribution in [0.3, 0.4) is 0 Å². The molecule has 124 valence electrons. The number of rotatable bonds is 5. The molecule has 3 rings (SSSR count). The summed E-state index contributed by atoms with van der Waals surface area (Å²) in [4.78, 5) is 28.0. The normalized spacial score (nSPS) is 10.1. The Bertz CT molecular complexity index is 847. The van der Waals surface area contributed by atoms with E-state index in [1.807, 2.05) is 30.3 Å². The zero-order valence-corrected chi connectivity index (χ0v) is 13.4. The lowest BCUT2D eigenvalue weighted by Crippen LogP contribution is -2.12. The van der Waals surface area contributed by atoms with Crippen molar-refractivity contribution in [1.82, 2.24) is 4.98 Å². The molecule has 5 heteroatoms. The molecule has 0 aliphatic heterocycles. The van der Waals surface area contributed by atoms with E-state index < -0.39 is 5.97 Å². The number of para-hydroxylation sites is 1. The Hall–Kier alpha value is -3.47. The number of hydrogen-bond donors (Lipinski definition) is 1. The first-order valence-corrected chi connectivity index (χ1v) is 7.76. The van der Waals surface area contributed by atoms with Gasteiger partial charge in [-0.1, -0.05) is 36.4 Å². The number of hydrogen-bond acceptors (Lipinski definition) is 4. The topological polar surface area (TPSA) is 68.3 Å². The highest BCUT2D eigenvalue weighted by molar-refractivity contribution is 6.04. The molecule has 0 bridgehead atoms. The Labute approximate surface area is 145 Å². The minimum absolute atomic E-state index is 0.121. The van der Waals surface area contributed by atoms with Gasteiger partial charge in [-0.3, -0.25) is 4.79 Å². The smallest absolute Gasteiger partial charge is 0.357 e. The quantitative estimate of drug-likeness (QED) is 0.724. The zero-order chi connectivity index (χ0) is 17.5. The fourth-order valence-electron chi connectivity index (χ4n) is 2.18. The molecule has 25 heavy (non-hydrogen) atoms. The molecule has 0 aliphatic rings. The summed E-state index contributed by atoms with van der Waals surface area (Å²) in [6.45, 7) is 0.121. The molecule has 0 atom stereocenters. The average Bonchev–Trinajstić information content (AvgIpc) is 2.68. The summed E-state index contributed by atoms with van der Waals surface area (Å²) in [7, 11) is 0. The van der Waals surface area contributed by atoms with Gasteiger partial charge >= 0.3 is 5.97 Å². The van der Waals surface area contributed by atoms with Crippen molar-refractivity contribution >= 4 is 17.6 Å². The maximum atomic E-state index is 12.2. The number of aromatic nitrogens is 1. The van der Waals surface area contributed by atoms with Crippen molar-refractivity contribution in [3.63, 3.8) is 0 Å². The van der Waals surface area contributed by atoms with E-state index in [4.69, 9.17) is 4.74 Å². The molecular formula is C20H16N2O3. The highest BCUT2D eigenvalue weighted by atomic mass is 16.5. The first-order valence-electron chi connectivity index (χ1n) is 7.76. The largest absolute Gasteiger partial charge is 0.456 e. The van der Waals surface area contributed by atoms with Gasteiger partial charge < -0.3 is 10.1 Å². The molecule has 1 aromatic heterocycles. The summed E-state index contributed by atoms with van der Waals surface area (Å²) in [5, 5.41) is 2.82. The van der Waals surface area contributed by atoms with Gasteiger partial charge in [-0.25, -0.2) is 9.78 Å². The van der Waals surface area contributed by atoms with Crippen LogP contribution in [0.4, 0.5) is 5.69 Å². The third-order valence-electron chi connectivity index (χ3n) is 3.49. The lowest BCUT2D eigenvalue weighted by atomic mass is 10.1. The molecule has 1 N–H and O–H groups in total. The van der Waals surface area contributed by atoms with Crippen LogP contribution >= 0.6 is 0 Å². The molecule has 1 amide bonds. The van der Waals surface area contributed by atoms with E-state index in [2.05, 4.69) is 10.3 Å². The van der Waals surface area contributed by atoms with Crippen molar-refractivity contribution in [3.8, 4) is 0 Å². The van der Waals surface area contributed by atoms with E-state index in [1.165, 1.54) is 6.20 Å². The zero-order valence-electron chi connectivity index (χ0n) is 13.4. The van der Waals surface area contributed by atoms with Crippen molar-refractivity contribution in [1.29, 1.82) is 0 Å². The van der Waals surface area contributed by atoms with Gasteiger partial charge in [0.2, 0.25) is 0 Å². The van der Waals surface area contributed by atoms with Crippen LogP contribution in [0.15, 0.2) is 79.0 Å².